The second-order valence-electron chi connectivity index (χ2n) is 9.85. The molecule has 0 amide bonds. The molecule has 2 unspecified atom stereocenters. The highest BCUT2D eigenvalue weighted by atomic mass is 32.2. The highest BCUT2D eigenvalue weighted by Crippen LogP contribution is 2.63. The molecule has 3 aromatic carbocycles. The van der Waals surface area contributed by atoms with Crippen LogP contribution in [0.25, 0.3) is 11.1 Å². The Morgan fingerprint density at radius 3 is 2.36 bits per heavy atom. The second kappa shape index (κ2) is 8.62. The van der Waals surface area contributed by atoms with Crippen LogP contribution >= 0.6 is 0 Å². The predicted octanol–water partition coefficient (Wildman–Crippen LogP) is 5.18. The molecule has 1 aliphatic heterocycles. The lowest BCUT2D eigenvalue weighted by molar-refractivity contribution is 0.274. The summed E-state index contributed by atoms with van der Waals surface area (Å²) in [6.45, 7) is 5.92. The van der Waals surface area contributed by atoms with Crippen molar-refractivity contribution >= 4 is 15.7 Å². The summed E-state index contributed by atoms with van der Waals surface area (Å²) in [6, 6.07) is 27.1. The lowest BCUT2D eigenvalue weighted by Gasteiger charge is -2.25. The first-order chi connectivity index (χ1) is 15.8. The summed E-state index contributed by atoms with van der Waals surface area (Å²) >= 11 is 0. The number of nitrogens with one attached hydrogen (secondary N) is 1. The topological polar surface area (TPSA) is 49.4 Å². The van der Waals surface area contributed by atoms with Gasteiger partial charge in [0, 0.05) is 24.1 Å². The molecule has 0 radical (unpaired) electrons. The molecule has 0 bridgehead atoms. The SMILES string of the molecule is CC1(c2cccc(-c3ccccc3NS(C)(=O)=O)c2)C2CN(CCCc3ccccc3)CC21. The summed E-state index contributed by atoms with van der Waals surface area (Å²) < 4.78 is 26.3. The van der Waals surface area contributed by atoms with Crippen LogP contribution in [0.1, 0.15) is 24.5 Å². The summed E-state index contributed by atoms with van der Waals surface area (Å²) in [4.78, 5) is 2.63. The van der Waals surface area contributed by atoms with Gasteiger partial charge in [-0.25, -0.2) is 8.42 Å². The zero-order valence-electron chi connectivity index (χ0n) is 19.4. The van der Waals surface area contributed by atoms with E-state index in [-0.39, 0.29) is 5.41 Å². The quantitative estimate of drug-likeness (QED) is 0.504. The van der Waals surface area contributed by atoms with Gasteiger partial charge in [-0.3, -0.25) is 4.72 Å². The standard InChI is InChI=1S/C28H32N2O2S/c1-28(25-19-30(20-26(25)28)17-9-12-21-10-4-3-5-11-21)23-14-8-13-22(18-23)24-15-6-7-16-27(24)29-33(2,31)32/h3-8,10-11,13-16,18,25-26,29H,9,12,17,19-20H2,1-2H3. The van der Waals surface area contributed by atoms with Crippen LogP contribution in [0.5, 0.6) is 0 Å². The van der Waals surface area contributed by atoms with E-state index in [0.717, 1.165) is 17.5 Å². The number of anilines is 1. The first-order valence-corrected chi connectivity index (χ1v) is 13.7. The predicted molar refractivity (Wildman–Crippen MR) is 136 cm³/mol. The van der Waals surface area contributed by atoms with E-state index in [1.165, 1.54) is 43.4 Å². The number of nitrogens with zero attached hydrogens (tertiary/aromatic N) is 1. The molecule has 1 N–H and O–H groups in total. The number of likely N-dealkylation sites (tertiary alicyclic amines) is 1. The molecule has 0 aromatic heterocycles. The summed E-state index contributed by atoms with van der Waals surface area (Å²) in [5.74, 6) is 1.41. The number of rotatable bonds is 8. The van der Waals surface area contributed by atoms with Gasteiger partial charge < -0.3 is 4.90 Å². The average molecular weight is 461 g/mol. The number of benzene rings is 3. The van der Waals surface area contributed by atoms with Crippen molar-refractivity contribution < 1.29 is 8.42 Å². The summed E-state index contributed by atoms with van der Waals surface area (Å²) in [7, 11) is -3.33. The van der Waals surface area contributed by atoms with E-state index in [2.05, 4.69) is 71.1 Å². The molecule has 3 aromatic rings. The monoisotopic (exact) mass is 460 g/mol. The number of aryl methyl sites for hydroxylation is 1. The molecule has 1 heterocycles. The molecular formula is C28H32N2O2S. The molecule has 33 heavy (non-hydrogen) atoms. The Labute approximate surface area is 197 Å². The van der Waals surface area contributed by atoms with Gasteiger partial charge in [0.25, 0.3) is 0 Å². The zero-order valence-corrected chi connectivity index (χ0v) is 20.2. The van der Waals surface area contributed by atoms with E-state index in [1.807, 2.05) is 24.3 Å². The van der Waals surface area contributed by atoms with Crippen LogP contribution in [0.4, 0.5) is 5.69 Å². The highest BCUT2D eigenvalue weighted by Gasteiger charge is 2.65. The number of fused-ring (bicyclic) bond motifs is 1. The number of sulfonamides is 1. The van der Waals surface area contributed by atoms with Crippen molar-refractivity contribution in [3.8, 4) is 11.1 Å². The van der Waals surface area contributed by atoms with Crippen molar-refractivity contribution in [2.75, 3.05) is 30.6 Å². The van der Waals surface area contributed by atoms with E-state index in [9.17, 15) is 8.42 Å². The molecule has 1 saturated heterocycles. The fourth-order valence-electron chi connectivity index (χ4n) is 5.77. The fourth-order valence-corrected chi connectivity index (χ4v) is 6.35. The van der Waals surface area contributed by atoms with Gasteiger partial charge in [-0.15, -0.1) is 0 Å². The van der Waals surface area contributed by atoms with Gasteiger partial charge >= 0.3 is 0 Å². The van der Waals surface area contributed by atoms with Gasteiger partial charge in [0.15, 0.2) is 0 Å². The van der Waals surface area contributed by atoms with Gasteiger partial charge in [-0.2, -0.15) is 0 Å². The smallest absolute Gasteiger partial charge is 0.229 e. The maximum atomic E-state index is 11.8. The third kappa shape index (κ3) is 4.57. The maximum Gasteiger partial charge on any atom is 0.229 e. The summed E-state index contributed by atoms with van der Waals surface area (Å²) in [5.41, 5.74) is 5.61. The van der Waals surface area contributed by atoms with Crippen molar-refractivity contribution in [3.05, 3.63) is 90.0 Å². The van der Waals surface area contributed by atoms with Gasteiger partial charge in [-0.05, 0) is 54.0 Å². The molecule has 172 valence electrons. The Kier molecular flexibility index (Phi) is 5.79. The minimum absolute atomic E-state index is 0.213. The van der Waals surface area contributed by atoms with Crippen molar-refractivity contribution in [2.45, 2.75) is 25.2 Å². The van der Waals surface area contributed by atoms with Crippen LogP contribution in [-0.2, 0) is 21.9 Å². The van der Waals surface area contributed by atoms with Gasteiger partial charge in [-0.1, -0.05) is 79.7 Å². The van der Waals surface area contributed by atoms with E-state index in [1.54, 1.807) is 0 Å². The lowest BCUT2D eigenvalue weighted by atomic mass is 9.89. The van der Waals surface area contributed by atoms with Crippen molar-refractivity contribution in [1.29, 1.82) is 0 Å². The number of piperidine rings is 1. The molecule has 5 rings (SSSR count). The Balaban J connectivity index is 1.26. The molecule has 2 fully saturated rings. The Morgan fingerprint density at radius 2 is 1.64 bits per heavy atom. The molecule has 1 aliphatic carbocycles. The first kappa shape index (κ1) is 22.2. The van der Waals surface area contributed by atoms with Crippen molar-refractivity contribution in [1.82, 2.24) is 4.90 Å². The molecule has 5 heteroatoms. The van der Waals surface area contributed by atoms with E-state index in [0.29, 0.717) is 17.5 Å². The third-order valence-electron chi connectivity index (χ3n) is 7.63. The van der Waals surface area contributed by atoms with Crippen LogP contribution < -0.4 is 4.72 Å². The normalized spacial score (nSPS) is 24.4. The summed E-state index contributed by atoms with van der Waals surface area (Å²) in [5, 5.41) is 0. The van der Waals surface area contributed by atoms with Crippen LogP contribution in [0.15, 0.2) is 78.9 Å². The molecule has 1 saturated carbocycles. The Morgan fingerprint density at radius 1 is 0.939 bits per heavy atom. The van der Waals surface area contributed by atoms with Crippen molar-refractivity contribution in [3.63, 3.8) is 0 Å². The van der Waals surface area contributed by atoms with Gasteiger partial charge in [0.1, 0.15) is 0 Å². The number of hydrogen-bond donors (Lipinski definition) is 1. The van der Waals surface area contributed by atoms with Crippen molar-refractivity contribution in [2.24, 2.45) is 11.8 Å². The summed E-state index contributed by atoms with van der Waals surface area (Å²) in [6.07, 6.45) is 3.55. The second-order valence-corrected chi connectivity index (χ2v) is 11.6. The zero-order chi connectivity index (χ0) is 23.1. The number of hydrogen-bond acceptors (Lipinski definition) is 3. The minimum Gasteiger partial charge on any atom is -0.303 e. The molecule has 0 spiro atoms. The highest BCUT2D eigenvalue weighted by molar-refractivity contribution is 7.92. The fraction of sp³-hybridized carbons (Fsp3) is 0.357. The van der Waals surface area contributed by atoms with Crippen LogP contribution in [0.2, 0.25) is 0 Å². The lowest BCUT2D eigenvalue weighted by Crippen LogP contribution is -2.30. The van der Waals surface area contributed by atoms with Gasteiger partial charge in [0.05, 0.1) is 11.9 Å². The Bertz CT molecular complexity index is 1230. The molecule has 2 aliphatic rings. The molecular weight excluding hydrogens is 428 g/mol. The van der Waals surface area contributed by atoms with Crippen LogP contribution in [-0.4, -0.2) is 39.2 Å². The molecule has 4 nitrogen and oxygen atoms in total. The maximum absolute atomic E-state index is 11.8. The molecule has 2 atom stereocenters. The third-order valence-corrected chi connectivity index (χ3v) is 8.22. The van der Waals surface area contributed by atoms with E-state index >= 15 is 0 Å². The van der Waals surface area contributed by atoms with E-state index < -0.39 is 10.0 Å². The average Bonchev–Trinajstić information content (AvgIpc) is 3.14. The van der Waals surface area contributed by atoms with Gasteiger partial charge in [0.2, 0.25) is 10.0 Å². The largest absolute Gasteiger partial charge is 0.303 e. The Hall–Kier alpha value is -2.63. The van der Waals surface area contributed by atoms with E-state index in [4.69, 9.17) is 0 Å². The van der Waals surface area contributed by atoms with Crippen LogP contribution in [0.3, 0.4) is 0 Å². The van der Waals surface area contributed by atoms with Crippen LogP contribution in [0, 0.1) is 11.8 Å². The first-order valence-electron chi connectivity index (χ1n) is 11.8. The minimum atomic E-state index is -3.33. The number of para-hydroxylation sites is 1.